The monoisotopic (exact) mass is 232 g/mol. The van der Waals surface area contributed by atoms with Crippen LogP contribution in [0.3, 0.4) is 0 Å². The van der Waals surface area contributed by atoms with Crippen LogP contribution in [0.1, 0.15) is 52.1 Å². The molecule has 1 atom stereocenters. The van der Waals surface area contributed by atoms with Gasteiger partial charge in [-0.15, -0.1) is 5.73 Å². The Morgan fingerprint density at radius 2 is 2.18 bits per heavy atom. The Kier molecular flexibility index (Phi) is 4.36. The van der Waals surface area contributed by atoms with E-state index in [1.807, 2.05) is 17.9 Å². The number of aryl methyl sites for hydroxylation is 1. The van der Waals surface area contributed by atoms with Crippen molar-refractivity contribution in [2.24, 2.45) is 12.5 Å². The Bertz CT molecular complexity index is 414. The number of allylic oxidation sites excluding steroid dienone is 1. The van der Waals surface area contributed by atoms with Crippen LogP contribution in [0, 0.1) is 5.41 Å². The van der Waals surface area contributed by atoms with E-state index in [9.17, 15) is 0 Å². The zero-order valence-electron chi connectivity index (χ0n) is 11.7. The second-order valence-electron chi connectivity index (χ2n) is 6.09. The predicted molar refractivity (Wildman–Crippen MR) is 73.0 cm³/mol. The largest absolute Gasteiger partial charge is 0.340 e. The fraction of sp³-hybridized carbons (Fsp3) is 0.600. The second kappa shape index (κ2) is 5.37. The number of rotatable bonds is 4. The lowest BCUT2D eigenvalue weighted by Crippen LogP contribution is -2.07. The normalized spacial score (nSPS) is 13.2. The minimum absolute atomic E-state index is 0.295. The molecule has 94 valence electrons. The molecule has 17 heavy (non-hydrogen) atoms. The molecule has 0 radical (unpaired) electrons. The van der Waals surface area contributed by atoms with Gasteiger partial charge in [0.05, 0.1) is 12.0 Å². The molecular formula is C15H24N2. The van der Waals surface area contributed by atoms with E-state index in [0.29, 0.717) is 11.3 Å². The first kappa shape index (κ1) is 13.8. The van der Waals surface area contributed by atoms with E-state index in [2.05, 4.69) is 51.2 Å². The van der Waals surface area contributed by atoms with E-state index in [-0.39, 0.29) is 0 Å². The molecule has 0 aliphatic carbocycles. The summed E-state index contributed by atoms with van der Waals surface area (Å²) in [7, 11) is 2.00. The minimum Gasteiger partial charge on any atom is -0.340 e. The van der Waals surface area contributed by atoms with Gasteiger partial charge in [-0.25, -0.2) is 4.98 Å². The Balaban J connectivity index is 2.67. The van der Waals surface area contributed by atoms with Crippen LogP contribution in [0.2, 0.25) is 0 Å². The standard InChI is InChI=1S/C15H24N2/c1-7-13(9-15(3,4)5)8-12(2)14-10-17(6)11-16-14/h10-12H,1,8-9H2,2-6H3. The summed E-state index contributed by atoms with van der Waals surface area (Å²) in [5, 5.41) is 0. The average molecular weight is 232 g/mol. The molecule has 0 aliphatic rings. The van der Waals surface area contributed by atoms with Gasteiger partial charge in [-0.1, -0.05) is 34.3 Å². The van der Waals surface area contributed by atoms with Gasteiger partial charge in [0.25, 0.3) is 0 Å². The Hall–Kier alpha value is -1.27. The van der Waals surface area contributed by atoms with Crippen molar-refractivity contribution < 1.29 is 0 Å². The van der Waals surface area contributed by atoms with E-state index in [0.717, 1.165) is 18.5 Å². The Morgan fingerprint density at radius 1 is 1.53 bits per heavy atom. The molecule has 0 bridgehead atoms. The third-order valence-electron chi connectivity index (χ3n) is 2.78. The lowest BCUT2D eigenvalue weighted by atomic mass is 9.84. The van der Waals surface area contributed by atoms with Crippen molar-refractivity contribution in [3.63, 3.8) is 0 Å². The molecule has 1 aromatic heterocycles. The van der Waals surface area contributed by atoms with Crippen LogP contribution in [-0.2, 0) is 7.05 Å². The van der Waals surface area contributed by atoms with Crippen LogP contribution in [0.5, 0.6) is 0 Å². The van der Waals surface area contributed by atoms with Gasteiger partial charge in [-0.3, -0.25) is 0 Å². The molecule has 0 amide bonds. The lowest BCUT2D eigenvalue weighted by molar-refractivity contribution is 0.401. The Morgan fingerprint density at radius 3 is 2.59 bits per heavy atom. The molecule has 0 N–H and O–H groups in total. The highest BCUT2D eigenvalue weighted by Gasteiger charge is 2.16. The van der Waals surface area contributed by atoms with Gasteiger partial charge < -0.3 is 4.57 Å². The first-order chi connectivity index (χ1) is 7.81. The summed E-state index contributed by atoms with van der Waals surface area (Å²) < 4.78 is 1.99. The van der Waals surface area contributed by atoms with Crippen molar-refractivity contribution >= 4 is 0 Å². The highest BCUT2D eigenvalue weighted by molar-refractivity contribution is 5.11. The molecule has 0 fully saturated rings. The van der Waals surface area contributed by atoms with Crippen molar-refractivity contribution in [3.8, 4) is 0 Å². The van der Waals surface area contributed by atoms with Crippen LogP contribution in [0.25, 0.3) is 0 Å². The van der Waals surface area contributed by atoms with Crippen LogP contribution in [-0.4, -0.2) is 9.55 Å². The van der Waals surface area contributed by atoms with Crippen molar-refractivity contribution in [1.82, 2.24) is 9.55 Å². The van der Waals surface area contributed by atoms with E-state index in [4.69, 9.17) is 0 Å². The number of imidazole rings is 1. The molecule has 1 rings (SSSR count). The maximum atomic E-state index is 4.40. The number of nitrogens with zero attached hydrogens (tertiary/aromatic N) is 2. The summed E-state index contributed by atoms with van der Waals surface area (Å²) in [5.74, 6) is 0.433. The molecule has 0 saturated carbocycles. The quantitative estimate of drug-likeness (QED) is 0.716. The van der Waals surface area contributed by atoms with Crippen molar-refractivity contribution in [2.45, 2.75) is 46.5 Å². The first-order valence-corrected chi connectivity index (χ1v) is 6.17. The molecule has 0 spiro atoms. The van der Waals surface area contributed by atoms with Crippen LogP contribution in [0.15, 0.2) is 30.4 Å². The molecule has 1 unspecified atom stereocenters. The fourth-order valence-corrected chi connectivity index (χ4v) is 2.01. The van der Waals surface area contributed by atoms with Crippen molar-refractivity contribution in [2.75, 3.05) is 0 Å². The molecule has 0 aromatic carbocycles. The first-order valence-electron chi connectivity index (χ1n) is 6.17. The third kappa shape index (κ3) is 4.62. The second-order valence-corrected chi connectivity index (χ2v) is 6.09. The molecule has 1 aromatic rings. The highest BCUT2D eigenvalue weighted by atomic mass is 15.0. The predicted octanol–water partition coefficient (Wildman–Crippen LogP) is 4.06. The van der Waals surface area contributed by atoms with E-state index < -0.39 is 0 Å². The van der Waals surface area contributed by atoms with E-state index in [1.54, 1.807) is 0 Å². The SMILES string of the molecule is C=C=C(CC(C)c1cn(C)cn1)CC(C)(C)C. The maximum absolute atomic E-state index is 4.40. The smallest absolute Gasteiger partial charge is 0.0946 e. The van der Waals surface area contributed by atoms with Gasteiger partial charge in [0.2, 0.25) is 0 Å². The van der Waals surface area contributed by atoms with Crippen molar-refractivity contribution in [1.29, 1.82) is 0 Å². The van der Waals surface area contributed by atoms with Gasteiger partial charge in [0.15, 0.2) is 0 Å². The maximum Gasteiger partial charge on any atom is 0.0946 e. The summed E-state index contributed by atoms with van der Waals surface area (Å²) in [6, 6.07) is 0. The molecule has 1 heterocycles. The Labute approximate surface area is 105 Å². The zero-order chi connectivity index (χ0) is 13.1. The number of hydrogen-bond donors (Lipinski definition) is 0. The van der Waals surface area contributed by atoms with Crippen LogP contribution >= 0.6 is 0 Å². The van der Waals surface area contributed by atoms with E-state index >= 15 is 0 Å². The highest BCUT2D eigenvalue weighted by Crippen LogP contribution is 2.29. The van der Waals surface area contributed by atoms with E-state index in [1.165, 1.54) is 5.57 Å². The van der Waals surface area contributed by atoms with Crippen molar-refractivity contribution in [3.05, 3.63) is 36.1 Å². The van der Waals surface area contributed by atoms with Crippen LogP contribution < -0.4 is 0 Å². The minimum atomic E-state index is 0.295. The van der Waals surface area contributed by atoms with Gasteiger partial charge in [-0.2, -0.15) is 0 Å². The fourth-order valence-electron chi connectivity index (χ4n) is 2.01. The molecular weight excluding hydrogens is 208 g/mol. The van der Waals surface area contributed by atoms with Gasteiger partial charge in [0.1, 0.15) is 0 Å². The van der Waals surface area contributed by atoms with Crippen LogP contribution in [0.4, 0.5) is 0 Å². The van der Waals surface area contributed by atoms with Gasteiger partial charge in [0, 0.05) is 19.2 Å². The average Bonchev–Trinajstić information content (AvgIpc) is 2.61. The zero-order valence-corrected chi connectivity index (χ0v) is 11.7. The molecule has 2 nitrogen and oxygen atoms in total. The summed E-state index contributed by atoms with van der Waals surface area (Å²) in [5.41, 5.74) is 5.84. The van der Waals surface area contributed by atoms with Gasteiger partial charge >= 0.3 is 0 Å². The number of hydrogen-bond acceptors (Lipinski definition) is 1. The topological polar surface area (TPSA) is 17.8 Å². The molecule has 0 aliphatic heterocycles. The third-order valence-corrected chi connectivity index (χ3v) is 2.78. The summed E-state index contributed by atoms with van der Waals surface area (Å²) in [6.45, 7) is 12.8. The molecule has 2 heteroatoms. The molecule has 0 saturated heterocycles. The van der Waals surface area contributed by atoms with Gasteiger partial charge in [-0.05, 0) is 23.8 Å². The summed E-state index contributed by atoms with van der Waals surface area (Å²) in [4.78, 5) is 4.40. The number of aromatic nitrogens is 2. The lowest BCUT2D eigenvalue weighted by Gasteiger charge is -2.20. The summed E-state index contributed by atoms with van der Waals surface area (Å²) in [6.07, 6.45) is 5.99. The summed E-state index contributed by atoms with van der Waals surface area (Å²) >= 11 is 0.